The number of nitrogens with two attached hydrogens (primary N) is 1. The molecule has 27 heavy (non-hydrogen) atoms. The molecule has 8 nitrogen and oxygen atoms in total. The van der Waals surface area contributed by atoms with Crippen molar-refractivity contribution in [2.45, 2.75) is 38.1 Å². The molecule has 152 valence electrons. The first kappa shape index (κ1) is 21.6. The van der Waals surface area contributed by atoms with Crippen molar-refractivity contribution in [2.24, 2.45) is 11.7 Å². The number of hydrogen-bond donors (Lipinski definition) is 2. The normalized spacial score (nSPS) is 16.9. The zero-order chi connectivity index (χ0) is 20.0. The van der Waals surface area contributed by atoms with Crippen molar-refractivity contribution in [3.05, 3.63) is 18.2 Å². The highest BCUT2D eigenvalue weighted by atomic mass is 32.2. The first-order chi connectivity index (χ1) is 12.8. The van der Waals surface area contributed by atoms with Crippen molar-refractivity contribution in [3.63, 3.8) is 0 Å². The number of ether oxygens (including phenoxy) is 2. The highest BCUT2D eigenvalue weighted by Crippen LogP contribution is 2.30. The number of amides is 1. The Kier molecular flexibility index (Phi) is 7.60. The number of morpholine rings is 1. The molecule has 0 bridgehead atoms. The first-order valence-corrected chi connectivity index (χ1v) is 10.6. The summed E-state index contributed by atoms with van der Waals surface area (Å²) in [4.78, 5) is 12.3. The van der Waals surface area contributed by atoms with Crippen LogP contribution in [0.5, 0.6) is 5.75 Å². The van der Waals surface area contributed by atoms with E-state index in [0.29, 0.717) is 31.9 Å². The Balaban J connectivity index is 2.29. The number of carbonyl (C=O) groups is 1. The van der Waals surface area contributed by atoms with Gasteiger partial charge in [-0.25, -0.2) is 8.42 Å². The summed E-state index contributed by atoms with van der Waals surface area (Å²) < 4.78 is 38.2. The predicted molar refractivity (Wildman–Crippen MR) is 103 cm³/mol. The van der Waals surface area contributed by atoms with E-state index in [-0.39, 0.29) is 35.6 Å². The predicted octanol–water partition coefficient (Wildman–Crippen LogP) is 1.42. The second-order valence-electron chi connectivity index (χ2n) is 6.84. The van der Waals surface area contributed by atoms with Gasteiger partial charge in [0, 0.05) is 18.8 Å². The molecule has 0 saturated carbocycles. The van der Waals surface area contributed by atoms with Gasteiger partial charge in [-0.2, -0.15) is 4.31 Å². The van der Waals surface area contributed by atoms with Crippen molar-refractivity contribution in [1.29, 1.82) is 0 Å². The van der Waals surface area contributed by atoms with Gasteiger partial charge >= 0.3 is 0 Å². The van der Waals surface area contributed by atoms with E-state index in [1.165, 1.54) is 10.4 Å². The molecule has 0 aromatic heterocycles. The number of hydrogen-bond acceptors (Lipinski definition) is 6. The lowest BCUT2D eigenvalue weighted by Gasteiger charge is -2.27. The summed E-state index contributed by atoms with van der Waals surface area (Å²) in [5.41, 5.74) is 6.28. The fraction of sp³-hybridized carbons (Fsp3) is 0.611. The number of benzene rings is 1. The summed E-state index contributed by atoms with van der Waals surface area (Å²) in [6.45, 7) is 7.34. The summed E-state index contributed by atoms with van der Waals surface area (Å²) in [6, 6.07) is 3.94. The highest BCUT2D eigenvalue weighted by molar-refractivity contribution is 7.89. The SMILES string of the molecule is CCOc1ccc(NC(=O)[C@@H](N)CC(C)C)cc1S(=O)(=O)N1CCOCC1. The molecule has 1 heterocycles. The lowest BCUT2D eigenvalue weighted by atomic mass is 10.0. The first-order valence-electron chi connectivity index (χ1n) is 9.17. The lowest BCUT2D eigenvalue weighted by molar-refractivity contribution is -0.117. The van der Waals surface area contributed by atoms with Crippen LogP contribution < -0.4 is 15.8 Å². The van der Waals surface area contributed by atoms with Crippen molar-refractivity contribution in [1.82, 2.24) is 4.31 Å². The molecule has 3 N–H and O–H groups in total. The average molecular weight is 400 g/mol. The van der Waals surface area contributed by atoms with Gasteiger partial charge in [0.2, 0.25) is 15.9 Å². The fourth-order valence-electron chi connectivity index (χ4n) is 2.84. The zero-order valence-electron chi connectivity index (χ0n) is 16.1. The van der Waals surface area contributed by atoms with Crippen LogP contribution in [0.3, 0.4) is 0 Å². The van der Waals surface area contributed by atoms with Gasteiger partial charge in [-0.05, 0) is 37.5 Å². The van der Waals surface area contributed by atoms with E-state index in [9.17, 15) is 13.2 Å². The van der Waals surface area contributed by atoms with Crippen molar-refractivity contribution >= 4 is 21.6 Å². The molecule has 1 aromatic carbocycles. The van der Waals surface area contributed by atoms with Crippen LogP contribution in [0, 0.1) is 5.92 Å². The number of nitrogens with zero attached hydrogens (tertiary/aromatic N) is 1. The minimum atomic E-state index is -3.77. The maximum Gasteiger partial charge on any atom is 0.246 e. The highest BCUT2D eigenvalue weighted by Gasteiger charge is 2.30. The van der Waals surface area contributed by atoms with Crippen LogP contribution in [0.15, 0.2) is 23.1 Å². The molecule has 1 amide bonds. The average Bonchev–Trinajstić information content (AvgIpc) is 2.63. The van der Waals surface area contributed by atoms with E-state index in [0.717, 1.165) is 0 Å². The largest absolute Gasteiger partial charge is 0.492 e. The molecule has 0 radical (unpaired) electrons. The van der Waals surface area contributed by atoms with Crippen molar-refractivity contribution in [2.75, 3.05) is 38.2 Å². The summed E-state index contributed by atoms with van der Waals surface area (Å²) in [5.74, 6) is 0.194. The van der Waals surface area contributed by atoms with Gasteiger partial charge in [0.15, 0.2) is 0 Å². The van der Waals surface area contributed by atoms with Gasteiger partial charge in [0.25, 0.3) is 0 Å². The van der Waals surface area contributed by atoms with Crippen LogP contribution in [0.4, 0.5) is 5.69 Å². The summed E-state index contributed by atoms with van der Waals surface area (Å²) >= 11 is 0. The molecule has 0 spiro atoms. The zero-order valence-corrected chi connectivity index (χ0v) is 16.9. The Morgan fingerprint density at radius 3 is 2.59 bits per heavy atom. The molecule has 0 unspecified atom stereocenters. The van der Waals surface area contributed by atoms with Gasteiger partial charge < -0.3 is 20.5 Å². The van der Waals surface area contributed by atoms with Crippen LogP contribution in [0.2, 0.25) is 0 Å². The molecule has 1 saturated heterocycles. The molecule has 1 fully saturated rings. The Morgan fingerprint density at radius 2 is 2.00 bits per heavy atom. The Bertz CT molecular complexity index is 745. The van der Waals surface area contributed by atoms with E-state index >= 15 is 0 Å². The molecule has 1 atom stereocenters. The Labute approximate surface area is 161 Å². The number of anilines is 1. The van der Waals surface area contributed by atoms with Crippen molar-refractivity contribution in [3.8, 4) is 5.75 Å². The molecule has 1 aliphatic rings. The van der Waals surface area contributed by atoms with Gasteiger partial charge in [-0.15, -0.1) is 0 Å². The fourth-order valence-corrected chi connectivity index (χ4v) is 4.40. The maximum atomic E-state index is 13.1. The third kappa shape index (κ3) is 5.65. The van der Waals surface area contributed by atoms with E-state index in [1.807, 2.05) is 13.8 Å². The van der Waals surface area contributed by atoms with Crippen LogP contribution in [-0.4, -0.2) is 57.6 Å². The van der Waals surface area contributed by atoms with Gasteiger partial charge in [0.05, 0.1) is 25.9 Å². The molecular weight excluding hydrogens is 370 g/mol. The van der Waals surface area contributed by atoms with E-state index < -0.39 is 16.1 Å². The van der Waals surface area contributed by atoms with E-state index in [4.69, 9.17) is 15.2 Å². The molecule has 1 aliphatic heterocycles. The molecular formula is C18H29N3O5S. The second kappa shape index (κ2) is 9.50. The van der Waals surface area contributed by atoms with E-state index in [1.54, 1.807) is 19.1 Å². The van der Waals surface area contributed by atoms with Crippen LogP contribution in [0.1, 0.15) is 27.2 Å². The standard InChI is InChI=1S/C18H29N3O5S/c1-4-26-16-6-5-14(20-18(22)15(19)11-13(2)3)12-17(16)27(23,24)21-7-9-25-10-8-21/h5-6,12-13,15H,4,7-11,19H2,1-3H3,(H,20,22)/t15-/m0/s1. The van der Waals surface area contributed by atoms with Gasteiger partial charge in [0.1, 0.15) is 10.6 Å². The van der Waals surface area contributed by atoms with Crippen LogP contribution in [-0.2, 0) is 19.6 Å². The summed E-state index contributed by atoms with van der Waals surface area (Å²) in [7, 11) is -3.77. The lowest BCUT2D eigenvalue weighted by Crippen LogP contribution is -2.40. The smallest absolute Gasteiger partial charge is 0.246 e. The van der Waals surface area contributed by atoms with Crippen molar-refractivity contribution < 1.29 is 22.7 Å². The monoisotopic (exact) mass is 399 g/mol. The third-order valence-corrected chi connectivity index (χ3v) is 6.08. The van der Waals surface area contributed by atoms with E-state index in [2.05, 4.69) is 5.32 Å². The molecule has 1 aromatic rings. The minimum absolute atomic E-state index is 0.0291. The topological polar surface area (TPSA) is 111 Å². The van der Waals surface area contributed by atoms with Crippen LogP contribution >= 0.6 is 0 Å². The molecule has 9 heteroatoms. The second-order valence-corrected chi connectivity index (χ2v) is 8.74. The summed E-state index contributed by atoms with van der Waals surface area (Å²) in [6.07, 6.45) is 0.543. The minimum Gasteiger partial charge on any atom is -0.492 e. The number of rotatable bonds is 8. The number of sulfonamides is 1. The van der Waals surface area contributed by atoms with Gasteiger partial charge in [-0.1, -0.05) is 13.8 Å². The summed E-state index contributed by atoms with van der Waals surface area (Å²) in [5, 5.41) is 2.70. The molecule has 0 aliphatic carbocycles. The third-order valence-electron chi connectivity index (χ3n) is 4.16. The Hall–Kier alpha value is -1.68. The number of nitrogens with one attached hydrogen (secondary N) is 1. The number of carbonyl (C=O) groups excluding carboxylic acids is 1. The quantitative estimate of drug-likeness (QED) is 0.684. The maximum absolute atomic E-state index is 13.1. The van der Waals surface area contributed by atoms with Crippen LogP contribution in [0.25, 0.3) is 0 Å². The van der Waals surface area contributed by atoms with Gasteiger partial charge in [-0.3, -0.25) is 4.79 Å². The molecule has 2 rings (SSSR count). The Morgan fingerprint density at radius 1 is 1.33 bits per heavy atom.